The van der Waals surface area contributed by atoms with Crippen LogP contribution in [0.15, 0.2) is 23.8 Å². The second-order valence-corrected chi connectivity index (χ2v) is 7.69. The van der Waals surface area contributed by atoms with E-state index in [1.165, 1.54) is 63.9 Å². The highest BCUT2D eigenvalue weighted by Gasteiger charge is 2.15. The van der Waals surface area contributed by atoms with Gasteiger partial charge in [0.25, 0.3) is 0 Å². The summed E-state index contributed by atoms with van der Waals surface area (Å²) in [5.41, 5.74) is 0.753. The van der Waals surface area contributed by atoms with Crippen LogP contribution in [0.4, 0.5) is 0 Å². The number of carbonyl (C=O) groups excluding carboxylic acids is 2. The number of ketones is 2. The van der Waals surface area contributed by atoms with Gasteiger partial charge < -0.3 is 0 Å². The molecule has 0 aromatic heterocycles. The first-order valence-electron chi connectivity index (χ1n) is 11.6. The molecule has 0 aliphatic heterocycles. The summed E-state index contributed by atoms with van der Waals surface area (Å²) in [6.07, 6.45) is 23.7. The third-order valence-corrected chi connectivity index (χ3v) is 4.99. The minimum Gasteiger partial charge on any atom is -0.286 e. The van der Waals surface area contributed by atoms with E-state index in [1.807, 2.05) is 6.08 Å². The van der Waals surface area contributed by atoms with E-state index >= 15 is 0 Å². The first-order chi connectivity index (χ1) is 13.2. The Morgan fingerprint density at radius 3 is 1.78 bits per heavy atom. The molecule has 0 aliphatic rings. The molecule has 0 spiro atoms. The van der Waals surface area contributed by atoms with Crippen molar-refractivity contribution in [3.63, 3.8) is 0 Å². The van der Waals surface area contributed by atoms with Gasteiger partial charge in [0, 0.05) is 0 Å². The van der Waals surface area contributed by atoms with E-state index in [9.17, 15) is 9.59 Å². The monoisotopic (exact) mass is 376 g/mol. The van der Waals surface area contributed by atoms with Crippen molar-refractivity contribution in [1.82, 2.24) is 0 Å². The predicted molar refractivity (Wildman–Crippen MR) is 118 cm³/mol. The quantitative estimate of drug-likeness (QED) is 0.130. The molecule has 0 atom stereocenters. The highest BCUT2D eigenvalue weighted by Crippen LogP contribution is 2.16. The van der Waals surface area contributed by atoms with Gasteiger partial charge in [-0.15, -0.1) is 0 Å². The molecule has 2 heteroatoms. The molecule has 0 radical (unpaired) electrons. The summed E-state index contributed by atoms with van der Waals surface area (Å²) in [4.78, 5) is 24.7. The first-order valence-corrected chi connectivity index (χ1v) is 11.6. The molecule has 0 aromatic rings. The van der Waals surface area contributed by atoms with Crippen LogP contribution in [0, 0.1) is 0 Å². The van der Waals surface area contributed by atoms with Crippen LogP contribution < -0.4 is 0 Å². The fourth-order valence-corrected chi connectivity index (χ4v) is 3.20. The minimum atomic E-state index is -0.345. The van der Waals surface area contributed by atoms with Crippen LogP contribution in [0.3, 0.4) is 0 Å². The van der Waals surface area contributed by atoms with E-state index in [2.05, 4.69) is 26.8 Å². The number of hydrogen-bond acceptors (Lipinski definition) is 2. The van der Waals surface area contributed by atoms with Crippen molar-refractivity contribution in [2.45, 2.75) is 124 Å². The largest absolute Gasteiger partial charge is 0.286 e. The van der Waals surface area contributed by atoms with Crippen LogP contribution in [0.2, 0.25) is 0 Å². The number of allylic oxidation sites excluding steroid dienone is 4. The Balaban J connectivity index is 4.44. The fraction of sp³-hybridized carbons (Fsp3) is 0.760. The van der Waals surface area contributed by atoms with E-state index in [-0.39, 0.29) is 11.6 Å². The molecule has 27 heavy (non-hydrogen) atoms. The lowest BCUT2D eigenvalue weighted by molar-refractivity contribution is -0.131. The maximum Gasteiger partial charge on any atom is 0.228 e. The Bertz CT molecular complexity index is 432. The van der Waals surface area contributed by atoms with Gasteiger partial charge in [0.2, 0.25) is 11.6 Å². The zero-order chi connectivity index (χ0) is 20.2. The lowest BCUT2D eigenvalue weighted by Crippen LogP contribution is -2.14. The second kappa shape index (κ2) is 19.6. The molecule has 0 rings (SSSR count). The van der Waals surface area contributed by atoms with Gasteiger partial charge in [0.15, 0.2) is 0 Å². The van der Waals surface area contributed by atoms with Crippen LogP contribution in [-0.2, 0) is 9.59 Å². The molecular formula is C25H44O2. The van der Waals surface area contributed by atoms with Gasteiger partial charge in [-0.1, -0.05) is 104 Å². The molecule has 0 heterocycles. The van der Waals surface area contributed by atoms with Crippen molar-refractivity contribution >= 4 is 11.6 Å². The minimum absolute atomic E-state index is 0.277. The lowest BCUT2D eigenvalue weighted by atomic mass is 9.97. The summed E-state index contributed by atoms with van der Waals surface area (Å²) in [5.74, 6) is -0.622. The molecule has 0 fully saturated rings. The first kappa shape index (κ1) is 25.8. The van der Waals surface area contributed by atoms with Crippen molar-refractivity contribution in [1.29, 1.82) is 0 Å². The van der Waals surface area contributed by atoms with E-state index in [1.54, 1.807) is 0 Å². The van der Waals surface area contributed by atoms with E-state index in [4.69, 9.17) is 0 Å². The maximum absolute atomic E-state index is 12.5. The van der Waals surface area contributed by atoms with E-state index in [0.717, 1.165) is 50.5 Å². The highest BCUT2D eigenvalue weighted by molar-refractivity contribution is 6.47. The van der Waals surface area contributed by atoms with E-state index in [0.29, 0.717) is 0 Å². The average molecular weight is 377 g/mol. The zero-order valence-corrected chi connectivity index (χ0v) is 18.4. The third-order valence-electron chi connectivity index (χ3n) is 4.99. The molecule has 0 N–H and O–H groups in total. The summed E-state index contributed by atoms with van der Waals surface area (Å²) in [6.45, 7) is 6.52. The molecule has 0 aliphatic carbocycles. The molecule has 0 saturated carbocycles. The number of hydrogen-bond donors (Lipinski definition) is 0. The summed E-state index contributed by atoms with van der Waals surface area (Å²) >= 11 is 0. The van der Waals surface area contributed by atoms with Gasteiger partial charge >= 0.3 is 0 Å². The normalized spacial score (nSPS) is 12.0. The SMILES string of the molecule is CCCC=CC(=O)C(=O)C(=CCCCCCCCCC)CCCCCCC. The molecular weight excluding hydrogens is 332 g/mol. The Kier molecular flexibility index (Phi) is 18.7. The standard InChI is InChI=1S/C25H44O2/c1-4-7-10-12-13-14-16-19-21-23(20-18-15-11-8-5-2)25(27)24(26)22-17-9-6-3/h17,21-22H,4-16,18-20H2,1-3H3. The predicted octanol–water partition coefficient (Wildman–Crippen LogP) is 7.91. The van der Waals surface area contributed by atoms with Crippen LogP contribution in [0.25, 0.3) is 0 Å². The molecule has 156 valence electrons. The van der Waals surface area contributed by atoms with Gasteiger partial charge in [-0.2, -0.15) is 0 Å². The molecule has 0 aromatic carbocycles. The molecule has 0 amide bonds. The van der Waals surface area contributed by atoms with Crippen molar-refractivity contribution in [2.24, 2.45) is 0 Å². The van der Waals surface area contributed by atoms with Crippen molar-refractivity contribution in [2.75, 3.05) is 0 Å². The van der Waals surface area contributed by atoms with Crippen LogP contribution in [-0.4, -0.2) is 11.6 Å². The summed E-state index contributed by atoms with van der Waals surface area (Å²) in [7, 11) is 0. The molecule has 2 nitrogen and oxygen atoms in total. The van der Waals surface area contributed by atoms with Gasteiger partial charge in [-0.05, 0) is 43.8 Å². The summed E-state index contributed by atoms with van der Waals surface area (Å²) in [6, 6.07) is 0. The molecule has 0 unspecified atom stereocenters. The Morgan fingerprint density at radius 1 is 0.630 bits per heavy atom. The van der Waals surface area contributed by atoms with Gasteiger partial charge in [-0.25, -0.2) is 0 Å². The topological polar surface area (TPSA) is 34.1 Å². The number of Topliss-reactive ketones (excluding diaryl/α,β-unsaturated/α-hetero) is 1. The highest BCUT2D eigenvalue weighted by atomic mass is 16.2. The summed E-state index contributed by atoms with van der Waals surface area (Å²) < 4.78 is 0. The van der Waals surface area contributed by atoms with Crippen LogP contribution >= 0.6 is 0 Å². The Labute approximate surface area is 168 Å². The fourth-order valence-electron chi connectivity index (χ4n) is 3.20. The smallest absolute Gasteiger partial charge is 0.228 e. The maximum atomic E-state index is 12.5. The van der Waals surface area contributed by atoms with Crippen LogP contribution in [0.1, 0.15) is 124 Å². The van der Waals surface area contributed by atoms with Crippen LogP contribution in [0.5, 0.6) is 0 Å². The Morgan fingerprint density at radius 2 is 1.19 bits per heavy atom. The van der Waals surface area contributed by atoms with E-state index < -0.39 is 0 Å². The number of unbranched alkanes of at least 4 members (excludes halogenated alkanes) is 12. The zero-order valence-electron chi connectivity index (χ0n) is 18.4. The van der Waals surface area contributed by atoms with Gasteiger partial charge in [-0.3, -0.25) is 9.59 Å². The van der Waals surface area contributed by atoms with Gasteiger partial charge in [0.05, 0.1) is 0 Å². The second-order valence-electron chi connectivity index (χ2n) is 7.69. The van der Waals surface area contributed by atoms with Crippen molar-refractivity contribution < 1.29 is 9.59 Å². The van der Waals surface area contributed by atoms with Gasteiger partial charge in [0.1, 0.15) is 0 Å². The molecule has 0 bridgehead atoms. The summed E-state index contributed by atoms with van der Waals surface area (Å²) in [5, 5.41) is 0. The lowest BCUT2D eigenvalue weighted by Gasteiger charge is -2.06. The average Bonchev–Trinajstić information content (AvgIpc) is 2.67. The van der Waals surface area contributed by atoms with Crippen molar-refractivity contribution in [3.8, 4) is 0 Å². The van der Waals surface area contributed by atoms with Crippen molar-refractivity contribution in [3.05, 3.63) is 23.8 Å². The number of rotatable bonds is 19. The molecule has 0 saturated heterocycles. The Hall–Kier alpha value is -1.18. The number of carbonyl (C=O) groups is 2. The third kappa shape index (κ3) is 15.6.